The Morgan fingerprint density at radius 3 is 2.76 bits per heavy atom. The third kappa shape index (κ3) is 2.48. The molecule has 0 bridgehead atoms. The molecule has 114 valence electrons. The molecule has 2 fully saturated rings. The van der Waals surface area contributed by atoms with E-state index in [0.29, 0.717) is 0 Å². The predicted molar refractivity (Wildman–Crippen MR) is 83.1 cm³/mol. The maximum Gasteiger partial charge on any atom is 0.249 e. The molecular weight excluding hydrogens is 284 g/mol. The zero-order chi connectivity index (χ0) is 15.0. The first-order valence-electron chi connectivity index (χ1n) is 7.71. The zero-order valence-corrected chi connectivity index (χ0v) is 13.4. The van der Waals surface area contributed by atoms with Gasteiger partial charge in [0.15, 0.2) is 0 Å². The molecule has 0 aromatic carbocycles. The highest BCUT2D eigenvalue weighted by atomic mass is 32.1. The van der Waals surface area contributed by atoms with E-state index in [1.165, 1.54) is 4.88 Å². The molecule has 2 heterocycles. The van der Waals surface area contributed by atoms with Crippen molar-refractivity contribution in [3.05, 3.63) is 22.4 Å². The summed E-state index contributed by atoms with van der Waals surface area (Å²) in [4.78, 5) is 28.4. The maximum atomic E-state index is 13.0. The van der Waals surface area contributed by atoms with Crippen LogP contribution >= 0.6 is 11.3 Å². The molecule has 4 nitrogen and oxygen atoms in total. The number of carbonyl (C=O) groups is 2. The first-order chi connectivity index (χ1) is 10.0. The average Bonchev–Trinajstić information content (AvgIpc) is 3.09. The summed E-state index contributed by atoms with van der Waals surface area (Å²) in [7, 11) is 0. The van der Waals surface area contributed by atoms with E-state index in [-0.39, 0.29) is 23.9 Å². The van der Waals surface area contributed by atoms with E-state index in [9.17, 15) is 9.59 Å². The Bertz CT molecular complexity index is 534. The summed E-state index contributed by atoms with van der Waals surface area (Å²) in [5, 5.41) is 5.06. The lowest BCUT2D eigenvalue weighted by molar-refractivity contribution is -0.156. The molecule has 1 spiro atoms. The van der Waals surface area contributed by atoms with Gasteiger partial charge in [-0.2, -0.15) is 0 Å². The Labute approximate surface area is 129 Å². The lowest BCUT2D eigenvalue weighted by atomic mass is 9.89. The summed E-state index contributed by atoms with van der Waals surface area (Å²) in [5.41, 5.74) is -0.618. The number of piperazine rings is 1. The van der Waals surface area contributed by atoms with Gasteiger partial charge in [0.25, 0.3) is 0 Å². The number of rotatable bonds is 3. The van der Waals surface area contributed by atoms with Crippen molar-refractivity contribution in [3.8, 4) is 0 Å². The Hall–Kier alpha value is -1.36. The number of carbonyl (C=O) groups excluding carboxylic acids is 2. The summed E-state index contributed by atoms with van der Waals surface area (Å²) in [6, 6.07) is 3.79. The smallest absolute Gasteiger partial charge is 0.249 e. The van der Waals surface area contributed by atoms with Crippen LogP contribution in [0.1, 0.15) is 44.4 Å². The van der Waals surface area contributed by atoms with Gasteiger partial charge in [-0.15, -0.1) is 11.3 Å². The van der Waals surface area contributed by atoms with Gasteiger partial charge in [-0.05, 0) is 38.1 Å². The van der Waals surface area contributed by atoms with E-state index >= 15 is 0 Å². The third-order valence-electron chi connectivity index (χ3n) is 4.81. The Morgan fingerprint density at radius 1 is 1.43 bits per heavy atom. The van der Waals surface area contributed by atoms with Gasteiger partial charge in [-0.1, -0.05) is 18.9 Å². The topological polar surface area (TPSA) is 49.4 Å². The lowest BCUT2D eigenvalue weighted by Gasteiger charge is -2.46. The van der Waals surface area contributed by atoms with E-state index in [1.54, 1.807) is 11.3 Å². The lowest BCUT2D eigenvalue weighted by Crippen LogP contribution is -2.70. The molecular formula is C16H22N2O2S. The van der Waals surface area contributed by atoms with Crippen LogP contribution in [0, 0.1) is 0 Å². The fourth-order valence-electron chi connectivity index (χ4n) is 3.66. The molecule has 2 aliphatic rings. The molecule has 1 aliphatic heterocycles. The maximum absolute atomic E-state index is 13.0. The monoisotopic (exact) mass is 306 g/mol. The molecule has 5 heteroatoms. The number of hydrogen-bond acceptors (Lipinski definition) is 3. The van der Waals surface area contributed by atoms with Gasteiger partial charge in [0.2, 0.25) is 11.8 Å². The van der Waals surface area contributed by atoms with Crippen molar-refractivity contribution in [2.45, 2.75) is 63.6 Å². The highest BCUT2D eigenvalue weighted by molar-refractivity contribution is 7.09. The molecule has 1 N–H and O–H groups in total. The standard InChI is InChI=1S/C16H22N2O2S/c1-11(10-13-6-5-9-21-13)18-12(2)14(19)17-16(15(18)20)7-3-4-8-16/h5-6,9,11-12H,3-4,7-8,10H2,1-2H3,(H,17,19). The Balaban J connectivity index is 1.83. The molecule has 1 aliphatic carbocycles. The third-order valence-corrected chi connectivity index (χ3v) is 5.71. The number of nitrogens with one attached hydrogen (secondary N) is 1. The van der Waals surface area contributed by atoms with Crippen LogP contribution < -0.4 is 5.32 Å². The number of nitrogens with zero attached hydrogens (tertiary/aromatic N) is 1. The molecule has 2 atom stereocenters. The first-order valence-corrected chi connectivity index (χ1v) is 8.59. The molecule has 0 radical (unpaired) electrons. The van der Waals surface area contributed by atoms with Gasteiger partial charge in [-0.3, -0.25) is 9.59 Å². The van der Waals surface area contributed by atoms with E-state index in [0.717, 1.165) is 32.1 Å². The van der Waals surface area contributed by atoms with Crippen LogP contribution in [-0.4, -0.2) is 34.3 Å². The van der Waals surface area contributed by atoms with Crippen molar-refractivity contribution in [1.82, 2.24) is 10.2 Å². The van der Waals surface area contributed by atoms with E-state index in [1.807, 2.05) is 17.9 Å². The van der Waals surface area contributed by atoms with Crippen LogP contribution in [0.25, 0.3) is 0 Å². The van der Waals surface area contributed by atoms with Gasteiger partial charge in [0.05, 0.1) is 0 Å². The fourth-order valence-corrected chi connectivity index (χ4v) is 4.49. The number of amides is 2. The van der Waals surface area contributed by atoms with Gasteiger partial charge in [0, 0.05) is 17.3 Å². The molecule has 1 saturated heterocycles. The van der Waals surface area contributed by atoms with Crippen molar-refractivity contribution >= 4 is 23.2 Å². The Kier molecular flexibility index (Phi) is 3.78. The minimum atomic E-state index is -0.618. The predicted octanol–water partition coefficient (Wildman–Crippen LogP) is 2.34. The second kappa shape index (κ2) is 5.44. The normalized spacial score (nSPS) is 26.2. The van der Waals surface area contributed by atoms with Gasteiger partial charge in [-0.25, -0.2) is 0 Å². The van der Waals surface area contributed by atoms with E-state index in [2.05, 4.69) is 23.7 Å². The van der Waals surface area contributed by atoms with Crippen molar-refractivity contribution in [3.63, 3.8) is 0 Å². The quantitative estimate of drug-likeness (QED) is 0.932. The molecule has 2 amide bonds. The van der Waals surface area contributed by atoms with E-state index < -0.39 is 5.54 Å². The summed E-state index contributed by atoms with van der Waals surface area (Å²) in [6.45, 7) is 3.88. The molecule has 1 aromatic heterocycles. The molecule has 3 rings (SSSR count). The van der Waals surface area contributed by atoms with Crippen LogP contribution in [0.2, 0.25) is 0 Å². The zero-order valence-electron chi connectivity index (χ0n) is 12.6. The second-order valence-electron chi connectivity index (χ2n) is 6.30. The van der Waals surface area contributed by atoms with Crippen LogP contribution in [-0.2, 0) is 16.0 Å². The van der Waals surface area contributed by atoms with Crippen LogP contribution in [0.4, 0.5) is 0 Å². The average molecular weight is 306 g/mol. The van der Waals surface area contributed by atoms with Gasteiger partial charge < -0.3 is 10.2 Å². The van der Waals surface area contributed by atoms with Crippen LogP contribution in [0.3, 0.4) is 0 Å². The summed E-state index contributed by atoms with van der Waals surface area (Å²) >= 11 is 1.70. The summed E-state index contributed by atoms with van der Waals surface area (Å²) < 4.78 is 0. The number of hydrogen-bond donors (Lipinski definition) is 1. The van der Waals surface area contributed by atoms with Crippen molar-refractivity contribution in [1.29, 1.82) is 0 Å². The minimum absolute atomic E-state index is 0.00507. The van der Waals surface area contributed by atoms with Crippen LogP contribution in [0.5, 0.6) is 0 Å². The molecule has 2 unspecified atom stereocenters. The highest BCUT2D eigenvalue weighted by Gasteiger charge is 2.51. The van der Waals surface area contributed by atoms with Gasteiger partial charge in [0.1, 0.15) is 11.6 Å². The highest BCUT2D eigenvalue weighted by Crippen LogP contribution is 2.35. The first kappa shape index (κ1) is 14.6. The Morgan fingerprint density at radius 2 is 2.14 bits per heavy atom. The molecule has 1 aromatic rings. The SMILES string of the molecule is CC(Cc1cccs1)N1C(=O)C2(CCCC2)NC(=O)C1C. The number of thiophene rings is 1. The largest absolute Gasteiger partial charge is 0.340 e. The fraction of sp³-hybridized carbons (Fsp3) is 0.625. The molecule has 21 heavy (non-hydrogen) atoms. The summed E-state index contributed by atoms with van der Waals surface area (Å²) in [5.74, 6) is 0.116. The summed E-state index contributed by atoms with van der Waals surface area (Å²) in [6.07, 6.45) is 4.43. The second-order valence-corrected chi connectivity index (χ2v) is 7.33. The molecule has 1 saturated carbocycles. The van der Waals surface area contributed by atoms with Gasteiger partial charge >= 0.3 is 0 Å². The van der Waals surface area contributed by atoms with E-state index in [4.69, 9.17) is 0 Å². The van der Waals surface area contributed by atoms with Crippen molar-refractivity contribution in [2.75, 3.05) is 0 Å². The van der Waals surface area contributed by atoms with Crippen molar-refractivity contribution < 1.29 is 9.59 Å². The minimum Gasteiger partial charge on any atom is -0.340 e. The van der Waals surface area contributed by atoms with Crippen LogP contribution in [0.15, 0.2) is 17.5 Å². The van der Waals surface area contributed by atoms with Crippen molar-refractivity contribution in [2.24, 2.45) is 0 Å².